The molecule has 0 amide bonds. The Bertz CT molecular complexity index is 2060. The van der Waals surface area contributed by atoms with E-state index < -0.39 is 28.6 Å². The summed E-state index contributed by atoms with van der Waals surface area (Å²) in [6, 6.07) is 3.12. The van der Waals surface area contributed by atoms with Crippen LogP contribution in [-0.2, 0) is 0 Å². The van der Waals surface area contributed by atoms with Crippen LogP contribution in [0, 0.1) is 23.5 Å². The maximum Gasteiger partial charge on any atom is 0.341 e. The molecule has 0 radical (unpaired) electrons. The molecule has 2 unspecified atom stereocenters. The lowest BCUT2D eigenvalue weighted by molar-refractivity contribution is 0.0695. The highest BCUT2D eigenvalue weighted by molar-refractivity contribution is 6.18. The number of H-pyrrole nitrogens is 1. The lowest BCUT2D eigenvalue weighted by atomic mass is 9.97. The second-order valence-corrected chi connectivity index (χ2v) is 11.9. The molecule has 7 rings (SSSR count). The Morgan fingerprint density at radius 2 is 1.91 bits per heavy atom. The number of aromatic carboxylic acids is 1. The van der Waals surface area contributed by atoms with Crippen molar-refractivity contribution in [2.75, 3.05) is 56.9 Å². The summed E-state index contributed by atoms with van der Waals surface area (Å²) < 4.78 is 32.1. The van der Waals surface area contributed by atoms with Gasteiger partial charge in [-0.3, -0.25) is 4.79 Å². The monoisotopic (exact) mass is 602 g/mol. The van der Waals surface area contributed by atoms with E-state index in [1.807, 2.05) is 0 Å². The number of carboxylic acids is 1. The van der Waals surface area contributed by atoms with Crippen molar-refractivity contribution in [1.82, 2.24) is 24.5 Å². The number of nitrogens with one attached hydrogen (secondary N) is 3. The quantitative estimate of drug-likeness (QED) is 0.227. The molecule has 4 aromatic heterocycles. The number of fused-ring (bicyclic) bond motifs is 5. The van der Waals surface area contributed by atoms with E-state index in [2.05, 4.69) is 49.6 Å². The van der Waals surface area contributed by atoms with Gasteiger partial charge in [-0.2, -0.15) is 0 Å². The molecule has 1 aromatic carbocycles. The lowest BCUT2D eigenvalue weighted by Crippen LogP contribution is -2.35. The summed E-state index contributed by atoms with van der Waals surface area (Å²) in [6.07, 6.45) is 6.61. The normalized spacial score (nSPS) is 19.9. The Morgan fingerprint density at radius 1 is 1.11 bits per heavy atom. The van der Waals surface area contributed by atoms with Crippen LogP contribution in [0.15, 0.2) is 35.5 Å². The van der Waals surface area contributed by atoms with Gasteiger partial charge in [-0.05, 0) is 44.8 Å². The Morgan fingerprint density at radius 3 is 2.61 bits per heavy atom. The van der Waals surface area contributed by atoms with Crippen molar-refractivity contribution in [1.29, 1.82) is 0 Å². The topological polar surface area (TPSA) is 131 Å². The third-order valence-electron chi connectivity index (χ3n) is 9.46. The third-order valence-corrected chi connectivity index (χ3v) is 9.46. The van der Waals surface area contributed by atoms with Crippen LogP contribution >= 0.6 is 0 Å². The minimum absolute atomic E-state index is 0.0920. The zero-order valence-electron chi connectivity index (χ0n) is 24.7. The van der Waals surface area contributed by atoms with Crippen LogP contribution in [0.2, 0.25) is 0 Å². The minimum Gasteiger partial charge on any atom is -0.477 e. The first-order valence-corrected chi connectivity index (χ1v) is 14.5. The van der Waals surface area contributed by atoms with Gasteiger partial charge < -0.3 is 30.6 Å². The van der Waals surface area contributed by atoms with E-state index in [9.17, 15) is 19.1 Å². The second-order valence-electron chi connectivity index (χ2n) is 11.9. The fourth-order valence-corrected chi connectivity index (χ4v) is 7.42. The van der Waals surface area contributed by atoms with Gasteiger partial charge in [-0.15, -0.1) is 0 Å². The summed E-state index contributed by atoms with van der Waals surface area (Å²) in [4.78, 5) is 42.1. The molecule has 0 spiro atoms. The molecule has 5 aromatic rings. The average Bonchev–Trinajstić information content (AvgIpc) is 3.71. The smallest absolute Gasteiger partial charge is 0.341 e. The predicted molar refractivity (Wildman–Crippen MR) is 166 cm³/mol. The van der Waals surface area contributed by atoms with Crippen molar-refractivity contribution < 1.29 is 18.7 Å². The van der Waals surface area contributed by atoms with E-state index in [-0.39, 0.29) is 16.4 Å². The van der Waals surface area contributed by atoms with Gasteiger partial charge in [0.05, 0.1) is 33.1 Å². The summed E-state index contributed by atoms with van der Waals surface area (Å²) in [5.41, 5.74) is 4.98. The Balaban J connectivity index is 1.53. The zero-order valence-corrected chi connectivity index (χ0v) is 24.7. The molecule has 44 heavy (non-hydrogen) atoms. The molecule has 1 saturated carbocycles. The van der Waals surface area contributed by atoms with E-state index in [0.717, 1.165) is 25.5 Å². The molecule has 1 saturated heterocycles. The van der Waals surface area contributed by atoms with Gasteiger partial charge in [-0.25, -0.2) is 28.2 Å². The number of hydrogen-bond donors (Lipinski definition) is 4. The van der Waals surface area contributed by atoms with Crippen LogP contribution in [0.1, 0.15) is 23.2 Å². The molecular formula is C31H32F2N8O3. The molecule has 0 bridgehead atoms. The molecule has 2 fully saturated rings. The number of hydrogen-bond acceptors (Lipinski definition) is 8. The van der Waals surface area contributed by atoms with Crippen molar-refractivity contribution >= 4 is 50.3 Å². The van der Waals surface area contributed by atoms with Crippen molar-refractivity contribution in [2.24, 2.45) is 11.8 Å². The van der Waals surface area contributed by atoms with Gasteiger partial charge in [0, 0.05) is 69.0 Å². The highest BCUT2D eigenvalue weighted by atomic mass is 19.2. The van der Waals surface area contributed by atoms with E-state index in [1.165, 1.54) is 10.9 Å². The van der Waals surface area contributed by atoms with Crippen molar-refractivity contribution in [3.63, 3.8) is 0 Å². The van der Waals surface area contributed by atoms with E-state index in [4.69, 9.17) is 0 Å². The number of rotatable bonds is 6. The highest BCUT2D eigenvalue weighted by Gasteiger charge is 2.44. The first-order chi connectivity index (χ1) is 21.1. The van der Waals surface area contributed by atoms with Gasteiger partial charge in [0.2, 0.25) is 5.43 Å². The Hall–Kier alpha value is -4.78. The number of aromatic nitrogens is 4. The van der Waals surface area contributed by atoms with Gasteiger partial charge in [0.1, 0.15) is 11.2 Å². The molecule has 2 aliphatic rings. The van der Waals surface area contributed by atoms with Gasteiger partial charge in [0.15, 0.2) is 17.3 Å². The highest BCUT2D eigenvalue weighted by Crippen LogP contribution is 2.48. The zero-order chi connectivity index (χ0) is 31.0. The van der Waals surface area contributed by atoms with E-state index in [0.29, 0.717) is 63.5 Å². The number of anilines is 2. The molecule has 11 nitrogen and oxygen atoms in total. The molecule has 1 aliphatic carbocycles. The third kappa shape index (κ3) is 4.02. The number of carbonyl (C=O) groups is 1. The summed E-state index contributed by atoms with van der Waals surface area (Å²) in [5, 5.41) is 13.3. The number of benzene rings is 1. The number of aromatic amines is 1. The van der Waals surface area contributed by atoms with Gasteiger partial charge in [0.25, 0.3) is 0 Å². The van der Waals surface area contributed by atoms with E-state index in [1.54, 1.807) is 32.6 Å². The van der Waals surface area contributed by atoms with Crippen molar-refractivity contribution in [2.45, 2.75) is 18.9 Å². The van der Waals surface area contributed by atoms with Crippen LogP contribution < -0.4 is 21.1 Å². The van der Waals surface area contributed by atoms with Crippen LogP contribution in [-0.4, -0.2) is 82.9 Å². The minimum atomic E-state index is -1.36. The molecular weight excluding hydrogens is 570 g/mol. The maximum absolute atomic E-state index is 15.7. The fourth-order valence-electron chi connectivity index (χ4n) is 7.42. The molecule has 5 heterocycles. The average molecular weight is 603 g/mol. The number of carboxylic acid groups (broad SMARTS) is 1. The molecule has 3 atom stereocenters. The van der Waals surface area contributed by atoms with E-state index >= 15 is 4.39 Å². The van der Waals surface area contributed by atoms with Crippen LogP contribution in [0.5, 0.6) is 0 Å². The summed E-state index contributed by atoms with van der Waals surface area (Å²) in [6.45, 7) is 1.43. The van der Waals surface area contributed by atoms with Gasteiger partial charge >= 0.3 is 5.97 Å². The first kappa shape index (κ1) is 28.0. The molecule has 13 heteroatoms. The predicted octanol–water partition coefficient (Wildman–Crippen LogP) is 4.06. The summed E-state index contributed by atoms with van der Waals surface area (Å²) in [5.74, 6) is -2.50. The van der Waals surface area contributed by atoms with Crippen LogP contribution in [0.25, 0.3) is 44.1 Å². The van der Waals surface area contributed by atoms with Crippen molar-refractivity contribution in [3.05, 3.63) is 58.1 Å². The fraction of sp³-hybridized carbons (Fsp3) is 0.355. The SMILES string of the molecule is CNc1cc(F)c(F)c2c1[nH]c1ncc(-c3cnc4c(c3)c(=O)c(C(=O)O)cn4NC)c(N3CC4CC[C@@H](N(C)C)C4C3)c12. The molecule has 4 N–H and O–H groups in total. The Kier molecular flexibility index (Phi) is 6.46. The number of nitrogens with zero attached hydrogens (tertiary/aromatic N) is 5. The number of pyridine rings is 3. The Labute approximate surface area is 250 Å². The summed E-state index contributed by atoms with van der Waals surface area (Å²) in [7, 11) is 7.42. The lowest BCUT2D eigenvalue weighted by Gasteiger charge is -2.28. The molecule has 228 valence electrons. The summed E-state index contributed by atoms with van der Waals surface area (Å²) >= 11 is 0. The standard InChI is InChI=1S/C31H32F2N8O3/c1-34-21-8-20(32)25(33)23-24-27(40-11-14-5-6-22(39(3)4)18(14)12-40)17(10-36-29(24)38-26(21)23)15-7-16-28(42)19(31(43)44)13-41(35-2)30(16)37-9-15/h7-10,13-14,18,22,34-35H,5-6,11-12H2,1-4H3,(H,36,38)(H,43,44)/t14?,18?,22-/m1/s1. The van der Waals surface area contributed by atoms with Gasteiger partial charge in [-0.1, -0.05) is 0 Å². The maximum atomic E-state index is 15.7. The van der Waals surface area contributed by atoms with Crippen LogP contribution in [0.4, 0.5) is 20.2 Å². The first-order valence-electron chi connectivity index (χ1n) is 14.5. The molecule has 1 aliphatic heterocycles. The number of halogens is 2. The largest absolute Gasteiger partial charge is 0.477 e. The van der Waals surface area contributed by atoms with Crippen molar-refractivity contribution in [3.8, 4) is 11.1 Å². The second kappa shape index (κ2) is 10.2. The van der Waals surface area contributed by atoms with Crippen LogP contribution in [0.3, 0.4) is 0 Å².